The molecule has 5 heteroatoms. The van der Waals surface area contributed by atoms with E-state index in [2.05, 4.69) is 42.2 Å². The number of aliphatic hydroxyl groups excluding tert-OH is 1. The lowest BCUT2D eigenvalue weighted by atomic mass is 10.0. The number of piperidine rings is 1. The molecule has 0 aromatic heterocycles. The van der Waals surface area contributed by atoms with E-state index in [9.17, 15) is 9.90 Å². The lowest BCUT2D eigenvalue weighted by Gasteiger charge is -2.39. The Morgan fingerprint density at radius 2 is 1.90 bits per heavy atom. The minimum Gasteiger partial charge on any atom is -0.444 e. The van der Waals surface area contributed by atoms with Crippen LogP contribution >= 0.6 is 0 Å². The number of amides is 1. The van der Waals surface area contributed by atoms with Crippen molar-refractivity contribution < 1.29 is 14.6 Å². The lowest BCUT2D eigenvalue weighted by molar-refractivity contribution is 0.00414. The molecule has 5 nitrogen and oxygen atoms in total. The number of carbonyl (C=O) groups excluding carboxylic acids is 1. The minimum absolute atomic E-state index is 0.182. The zero-order valence-corrected chi connectivity index (χ0v) is 18.3. The summed E-state index contributed by atoms with van der Waals surface area (Å²) in [6.45, 7) is 10.7. The third-order valence-electron chi connectivity index (χ3n) is 5.86. The first-order valence-corrected chi connectivity index (χ1v) is 10.9. The van der Waals surface area contributed by atoms with Gasteiger partial charge in [-0.25, -0.2) is 4.79 Å². The number of rotatable bonds is 6. The Balaban J connectivity index is 1.71. The average Bonchev–Trinajstić information content (AvgIpc) is 3.43. The van der Waals surface area contributed by atoms with E-state index in [0.717, 1.165) is 32.4 Å². The summed E-state index contributed by atoms with van der Waals surface area (Å²) >= 11 is 0. The van der Waals surface area contributed by atoms with Crippen LogP contribution in [0.15, 0.2) is 35.9 Å². The molecule has 3 rings (SSSR count). The van der Waals surface area contributed by atoms with Gasteiger partial charge in [0.05, 0.1) is 6.61 Å². The number of β-amino-alcohol motifs (C(OH)–C–C–N with tert-alkyl or cyclic N) is 1. The van der Waals surface area contributed by atoms with Crippen LogP contribution in [0.4, 0.5) is 4.79 Å². The highest BCUT2D eigenvalue weighted by Gasteiger charge is 2.48. The maximum atomic E-state index is 13.1. The van der Waals surface area contributed by atoms with Crippen molar-refractivity contribution in [1.29, 1.82) is 0 Å². The van der Waals surface area contributed by atoms with Crippen molar-refractivity contribution in [2.75, 3.05) is 26.2 Å². The quantitative estimate of drug-likeness (QED) is 0.779. The second kappa shape index (κ2) is 9.31. The monoisotopic (exact) mass is 400 g/mol. The van der Waals surface area contributed by atoms with Gasteiger partial charge in [-0.2, -0.15) is 0 Å². The normalized spacial score (nSPS) is 23.7. The van der Waals surface area contributed by atoms with Gasteiger partial charge in [-0.1, -0.05) is 42.0 Å². The molecule has 29 heavy (non-hydrogen) atoms. The van der Waals surface area contributed by atoms with Crippen molar-refractivity contribution >= 4 is 12.2 Å². The number of hydrogen-bond acceptors (Lipinski definition) is 4. The Hall–Kier alpha value is -1.85. The molecule has 2 aliphatic rings. The molecule has 0 spiro atoms. The van der Waals surface area contributed by atoms with E-state index in [1.807, 2.05) is 31.7 Å². The summed E-state index contributed by atoms with van der Waals surface area (Å²) in [5.74, 6) is 0.401. The average molecular weight is 401 g/mol. The Morgan fingerprint density at radius 1 is 1.24 bits per heavy atom. The van der Waals surface area contributed by atoms with Crippen molar-refractivity contribution in [3.05, 3.63) is 41.5 Å². The van der Waals surface area contributed by atoms with E-state index < -0.39 is 5.60 Å². The van der Waals surface area contributed by atoms with Crippen LogP contribution in [0.2, 0.25) is 0 Å². The molecular formula is C24H36N2O3. The fourth-order valence-electron chi connectivity index (χ4n) is 4.33. The van der Waals surface area contributed by atoms with Crippen molar-refractivity contribution in [3.63, 3.8) is 0 Å². The van der Waals surface area contributed by atoms with Crippen LogP contribution in [0.3, 0.4) is 0 Å². The largest absolute Gasteiger partial charge is 0.444 e. The Kier molecular flexibility index (Phi) is 7.01. The van der Waals surface area contributed by atoms with Crippen LogP contribution in [0, 0.1) is 5.92 Å². The first-order chi connectivity index (χ1) is 13.8. The van der Waals surface area contributed by atoms with Crippen LogP contribution in [0.1, 0.15) is 52.5 Å². The smallest absolute Gasteiger partial charge is 0.410 e. The molecule has 2 atom stereocenters. The lowest BCUT2D eigenvalue weighted by Crippen LogP contribution is -2.50. The van der Waals surface area contributed by atoms with Crippen molar-refractivity contribution in [2.45, 2.75) is 64.6 Å². The maximum absolute atomic E-state index is 13.1. The third kappa shape index (κ3) is 6.06. The third-order valence-corrected chi connectivity index (χ3v) is 5.86. The van der Waals surface area contributed by atoms with E-state index >= 15 is 0 Å². The predicted octanol–water partition coefficient (Wildman–Crippen LogP) is 4.17. The van der Waals surface area contributed by atoms with Crippen molar-refractivity contribution in [1.82, 2.24) is 9.80 Å². The van der Waals surface area contributed by atoms with Crippen LogP contribution in [0.25, 0.3) is 6.08 Å². The molecule has 1 aliphatic carbocycles. The highest BCUT2D eigenvalue weighted by Crippen LogP contribution is 2.44. The van der Waals surface area contributed by atoms with E-state index in [-0.39, 0.29) is 24.8 Å². The second-order valence-electron chi connectivity index (χ2n) is 9.39. The summed E-state index contributed by atoms with van der Waals surface area (Å²) < 4.78 is 5.79. The number of aliphatic hydroxyl groups is 1. The molecule has 1 unspecified atom stereocenters. The summed E-state index contributed by atoms with van der Waals surface area (Å²) in [6.07, 6.45) is 4.93. The first-order valence-electron chi connectivity index (χ1n) is 10.9. The predicted molar refractivity (Wildman–Crippen MR) is 117 cm³/mol. The number of ether oxygens (including phenoxy) is 1. The van der Waals surface area contributed by atoms with Gasteiger partial charge in [0, 0.05) is 37.6 Å². The number of likely N-dealkylation sites (tertiary alicyclic amines) is 1. The number of hydrogen-bond donors (Lipinski definition) is 1. The fraction of sp³-hybridized carbons (Fsp3) is 0.625. The summed E-state index contributed by atoms with van der Waals surface area (Å²) in [4.78, 5) is 17.4. The van der Waals surface area contributed by atoms with Crippen LogP contribution < -0.4 is 0 Å². The topological polar surface area (TPSA) is 53.0 Å². The van der Waals surface area contributed by atoms with Crippen molar-refractivity contribution in [3.8, 4) is 0 Å². The number of carbonyl (C=O) groups is 1. The van der Waals surface area contributed by atoms with E-state index in [4.69, 9.17) is 4.74 Å². The molecule has 1 N–H and O–H groups in total. The van der Waals surface area contributed by atoms with Gasteiger partial charge in [0.2, 0.25) is 0 Å². The molecule has 1 aliphatic heterocycles. The number of nitrogens with zero attached hydrogens (tertiary/aromatic N) is 2. The standard InChI is InChI=1S/C24H36N2O3/c1-18(16-19-8-6-5-7-9-19)21-17-22(21)26(23(28)29-24(2,3)4)20-10-12-25(13-11-20)14-15-27/h5-9,16,20-22,27H,10-15,17H2,1-4H3/b18-16+/t21?,22-/m1/s1. The Morgan fingerprint density at radius 3 is 2.48 bits per heavy atom. The van der Waals surface area contributed by atoms with Crippen molar-refractivity contribution in [2.24, 2.45) is 5.92 Å². The molecule has 1 amide bonds. The number of benzene rings is 1. The fourth-order valence-corrected chi connectivity index (χ4v) is 4.33. The molecule has 2 fully saturated rings. The van der Waals surface area contributed by atoms with Gasteiger partial charge in [0.15, 0.2) is 0 Å². The molecule has 0 radical (unpaired) electrons. The van der Waals surface area contributed by atoms with E-state index in [0.29, 0.717) is 12.5 Å². The molecule has 1 aromatic carbocycles. The minimum atomic E-state index is -0.494. The highest BCUT2D eigenvalue weighted by molar-refractivity contribution is 5.70. The van der Waals surface area contributed by atoms with Crippen LogP contribution in [-0.4, -0.2) is 64.9 Å². The van der Waals surface area contributed by atoms with Gasteiger partial charge in [0.1, 0.15) is 5.60 Å². The molecular weight excluding hydrogens is 364 g/mol. The summed E-state index contributed by atoms with van der Waals surface area (Å²) in [5, 5.41) is 9.19. The van der Waals surface area contributed by atoms with Gasteiger partial charge in [-0.15, -0.1) is 0 Å². The molecule has 1 aromatic rings. The molecule has 0 bridgehead atoms. The maximum Gasteiger partial charge on any atom is 0.410 e. The molecule has 1 saturated carbocycles. The zero-order chi connectivity index (χ0) is 21.0. The first kappa shape index (κ1) is 21.8. The summed E-state index contributed by atoms with van der Waals surface area (Å²) in [7, 11) is 0. The molecule has 160 valence electrons. The van der Waals surface area contributed by atoms with E-state index in [1.165, 1.54) is 11.1 Å². The van der Waals surface area contributed by atoms with Gasteiger partial charge >= 0.3 is 6.09 Å². The zero-order valence-electron chi connectivity index (χ0n) is 18.3. The highest BCUT2D eigenvalue weighted by atomic mass is 16.6. The van der Waals surface area contributed by atoms with Gasteiger partial charge < -0.3 is 19.6 Å². The second-order valence-corrected chi connectivity index (χ2v) is 9.39. The summed E-state index contributed by atoms with van der Waals surface area (Å²) in [6, 6.07) is 10.8. The van der Waals surface area contributed by atoms with Gasteiger partial charge in [0.25, 0.3) is 0 Å². The van der Waals surface area contributed by atoms with E-state index in [1.54, 1.807) is 0 Å². The molecule has 1 saturated heterocycles. The van der Waals surface area contributed by atoms with Crippen LogP contribution in [-0.2, 0) is 4.74 Å². The summed E-state index contributed by atoms with van der Waals surface area (Å²) in [5.41, 5.74) is 2.04. The Labute approximate surface area is 175 Å². The SMILES string of the molecule is C/C(=C\c1ccccc1)C1C[C@H]1N(C(=O)OC(C)(C)C)C1CCN(CCO)CC1. The van der Waals surface area contributed by atoms with Gasteiger partial charge in [-0.05, 0) is 52.5 Å². The molecule has 1 heterocycles. The van der Waals surface area contributed by atoms with Crippen LogP contribution in [0.5, 0.6) is 0 Å². The van der Waals surface area contributed by atoms with Gasteiger partial charge in [-0.3, -0.25) is 0 Å². The Bertz CT molecular complexity index is 703.